The van der Waals surface area contributed by atoms with E-state index in [1.54, 1.807) is 0 Å². The van der Waals surface area contributed by atoms with E-state index < -0.39 is 0 Å². The first-order valence-corrected chi connectivity index (χ1v) is 17.3. The molecule has 0 amide bonds. The normalized spacial score (nSPS) is 13.1. The molecule has 11 rings (SSSR count). The summed E-state index contributed by atoms with van der Waals surface area (Å²) in [6.45, 7) is 0. The number of nitrogens with zero attached hydrogens (tertiary/aromatic N) is 4. The van der Waals surface area contributed by atoms with Crippen LogP contribution in [0, 0.1) is 0 Å². The van der Waals surface area contributed by atoms with Gasteiger partial charge >= 0.3 is 0 Å². The zero-order valence-corrected chi connectivity index (χ0v) is 27.4. The molecule has 0 atom stereocenters. The SMILES string of the molecule is C1=c2c(oc3c(-n4c5ccccc5c5cc6oc7ccccc7c6cc54)cccc23)=C(c2nc(-c3ccccc3)nc(-c3ccccc3)n2)CC1. The third kappa shape index (κ3) is 4.26. The van der Waals surface area contributed by atoms with Crippen molar-refractivity contribution in [3.63, 3.8) is 0 Å². The molecule has 1 aliphatic rings. The third-order valence-corrected chi connectivity index (χ3v) is 10.1. The van der Waals surface area contributed by atoms with Gasteiger partial charge in [-0.3, -0.25) is 0 Å². The summed E-state index contributed by atoms with van der Waals surface area (Å²) in [5, 5.41) is 6.65. The summed E-state index contributed by atoms with van der Waals surface area (Å²) in [5.74, 6) is 1.93. The minimum absolute atomic E-state index is 0.642. The van der Waals surface area contributed by atoms with E-state index in [1.807, 2.05) is 72.8 Å². The molecular formula is C45H28N4O2. The topological polar surface area (TPSA) is 69.9 Å². The summed E-state index contributed by atoms with van der Waals surface area (Å²) in [7, 11) is 0. The quantitative estimate of drug-likeness (QED) is 0.189. The Morgan fingerprint density at radius 1 is 0.490 bits per heavy atom. The maximum Gasteiger partial charge on any atom is 0.164 e. The molecule has 6 aromatic carbocycles. The van der Waals surface area contributed by atoms with Crippen LogP contribution in [0.5, 0.6) is 0 Å². The molecule has 4 heterocycles. The Morgan fingerprint density at radius 3 is 1.94 bits per heavy atom. The van der Waals surface area contributed by atoms with Crippen LogP contribution in [0.15, 0.2) is 148 Å². The van der Waals surface area contributed by atoms with Crippen molar-refractivity contribution in [1.82, 2.24) is 19.5 Å². The number of hydrogen-bond donors (Lipinski definition) is 0. The standard InChI is InChI=1S/C45H28N4O2/c1-3-13-27(14-4-1)43-46-44(28-15-5-2-6-16-28)48-45(47-43)33-21-11-19-31-32-20-12-23-37(42(32)51-41(31)33)49-36-22-9-7-17-29(36)34-26-40-35(25-38(34)49)30-18-8-10-24-39(30)50-40/h1-10,12-20,22-26H,11,21H2. The lowest BCUT2D eigenvalue weighted by atomic mass is 10.0. The number of rotatable bonds is 4. The van der Waals surface area contributed by atoms with Gasteiger partial charge in [0.15, 0.2) is 23.1 Å². The van der Waals surface area contributed by atoms with E-state index in [0.29, 0.717) is 17.5 Å². The smallest absolute Gasteiger partial charge is 0.164 e. The summed E-state index contributed by atoms with van der Waals surface area (Å²) in [6, 6.07) is 47.9. The first-order chi connectivity index (χ1) is 25.3. The maximum absolute atomic E-state index is 7.04. The molecule has 0 bridgehead atoms. The van der Waals surface area contributed by atoms with Crippen LogP contribution in [-0.2, 0) is 0 Å². The van der Waals surface area contributed by atoms with Crippen molar-refractivity contribution >= 4 is 66.4 Å². The Hall–Kier alpha value is -6.79. The molecule has 1 aliphatic carbocycles. The molecule has 51 heavy (non-hydrogen) atoms. The molecule has 6 nitrogen and oxygen atoms in total. The Balaban J connectivity index is 1.19. The molecule has 0 saturated heterocycles. The van der Waals surface area contributed by atoms with E-state index in [4.69, 9.17) is 23.8 Å². The lowest BCUT2D eigenvalue weighted by molar-refractivity contribution is 0.566. The zero-order valence-electron chi connectivity index (χ0n) is 27.4. The summed E-state index contributed by atoms with van der Waals surface area (Å²) in [5.41, 5.74) is 9.49. The van der Waals surface area contributed by atoms with Crippen LogP contribution >= 0.6 is 0 Å². The van der Waals surface area contributed by atoms with Gasteiger partial charge < -0.3 is 13.4 Å². The van der Waals surface area contributed by atoms with Gasteiger partial charge in [0.1, 0.15) is 16.6 Å². The fourth-order valence-electron chi connectivity index (χ4n) is 7.80. The predicted octanol–water partition coefficient (Wildman–Crippen LogP) is 9.72. The molecule has 10 aromatic rings. The molecule has 0 unspecified atom stereocenters. The van der Waals surface area contributed by atoms with Crippen LogP contribution in [0.1, 0.15) is 18.7 Å². The van der Waals surface area contributed by atoms with E-state index >= 15 is 0 Å². The van der Waals surface area contributed by atoms with Gasteiger partial charge in [-0.1, -0.05) is 115 Å². The number of para-hydroxylation sites is 3. The second kappa shape index (κ2) is 10.9. The fourth-order valence-corrected chi connectivity index (χ4v) is 7.80. The number of aromatic nitrogens is 4. The molecule has 0 radical (unpaired) electrons. The first-order valence-electron chi connectivity index (χ1n) is 17.3. The lowest BCUT2D eigenvalue weighted by Crippen LogP contribution is -2.27. The highest BCUT2D eigenvalue weighted by Gasteiger charge is 2.22. The summed E-state index contributed by atoms with van der Waals surface area (Å²) >= 11 is 0. The summed E-state index contributed by atoms with van der Waals surface area (Å²) in [6.07, 6.45) is 3.91. The van der Waals surface area contributed by atoms with Gasteiger partial charge in [0.2, 0.25) is 0 Å². The summed E-state index contributed by atoms with van der Waals surface area (Å²) < 4.78 is 15.7. The number of furan rings is 2. The minimum Gasteiger partial charge on any atom is -0.456 e. The third-order valence-electron chi connectivity index (χ3n) is 10.1. The second-order valence-electron chi connectivity index (χ2n) is 13.1. The van der Waals surface area contributed by atoms with E-state index in [2.05, 4.69) is 77.4 Å². The fraction of sp³-hybridized carbons (Fsp3) is 0.0444. The lowest BCUT2D eigenvalue weighted by Gasteiger charge is -2.11. The molecule has 0 saturated carbocycles. The molecule has 0 aliphatic heterocycles. The van der Waals surface area contributed by atoms with Gasteiger partial charge in [0, 0.05) is 48.8 Å². The van der Waals surface area contributed by atoms with Gasteiger partial charge in [-0.25, -0.2) is 15.0 Å². The van der Waals surface area contributed by atoms with Gasteiger partial charge in [0.05, 0.1) is 16.7 Å². The Labute approximate surface area is 291 Å². The molecule has 240 valence electrons. The van der Waals surface area contributed by atoms with Gasteiger partial charge in [-0.2, -0.15) is 0 Å². The van der Waals surface area contributed by atoms with Crippen molar-refractivity contribution in [2.45, 2.75) is 12.8 Å². The molecule has 6 heteroatoms. The van der Waals surface area contributed by atoms with Gasteiger partial charge in [-0.15, -0.1) is 0 Å². The van der Waals surface area contributed by atoms with Crippen LogP contribution in [0.4, 0.5) is 0 Å². The number of benzene rings is 6. The van der Waals surface area contributed by atoms with Crippen molar-refractivity contribution < 1.29 is 8.83 Å². The number of fused-ring (bicyclic) bond motifs is 9. The Bertz CT molecular complexity index is 3080. The van der Waals surface area contributed by atoms with Crippen molar-refractivity contribution in [2.75, 3.05) is 0 Å². The molecular weight excluding hydrogens is 629 g/mol. The van der Waals surface area contributed by atoms with Crippen molar-refractivity contribution in [3.05, 3.63) is 156 Å². The molecule has 0 spiro atoms. The maximum atomic E-state index is 7.04. The van der Waals surface area contributed by atoms with Crippen LogP contribution in [-0.4, -0.2) is 19.5 Å². The number of hydrogen-bond acceptors (Lipinski definition) is 5. The van der Waals surface area contributed by atoms with Crippen LogP contribution in [0.2, 0.25) is 0 Å². The highest BCUT2D eigenvalue weighted by atomic mass is 16.3. The average molecular weight is 657 g/mol. The molecule has 0 N–H and O–H groups in total. The van der Waals surface area contributed by atoms with Gasteiger partial charge in [-0.05, 0) is 43.2 Å². The van der Waals surface area contributed by atoms with Crippen molar-refractivity contribution in [1.29, 1.82) is 0 Å². The van der Waals surface area contributed by atoms with Crippen LogP contribution in [0.25, 0.3) is 94.8 Å². The second-order valence-corrected chi connectivity index (χ2v) is 13.1. The van der Waals surface area contributed by atoms with E-state index in [0.717, 1.165) is 101 Å². The van der Waals surface area contributed by atoms with E-state index in [9.17, 15) is 0 Å². The van der Waals surface area contributed by atoms with Crippen molar-refractivity contribution in [3.8, 4) is 28.5 Å². The summed E-state index contributed by atoms with van der Waals surface area (Å²) in [4.78, 5) is 15.1. The highest BCUT2D eigenvalue weighted by Crippen LogP contribution is 2.39. The monoisotopic (exact) mass is 656 g/mol. The molecule has 4 aromatic heterocycles. The van der Waals surface area contributed by atoms with Gasteiger partial charge in [0.25, 0.3) is 0 Å². The average Bonchev–Trinajstić information content (AvgIpc) is 3.87. The highest BCUT2D eigenvalue weighted by molar-refractivity contribution is 6.17. The van der Waals surface area contributed by atoms with E-state index in [-0.39, 0.29) is 0 Å². The Kier molecular flexibility index (Phi) is 5.98. The van der Waals surface area contributed by atoms with Crippen molar-refractivity contribution in [2.24, 2.45) is 0 Å². The molecule has 0 fully saturated rings. The zero-order chi connectivity index (χ0) is 33.5. The van der Waals surface area contributed by atoms with Crippen LogP contribution in [0.3, 0.4) is 0 Å². The first kappa shape index (κ1) is 28.1. The largest absolute Gasteiger partial charge is 0.456 e. The predicted molar refractivity (Wildman–Crippen MR) is 204 cm³/mol. The van der Waals surface area contributed by atoms with Crippen LogP contribution < -0.4 is 10.6 Å². The Morgan fingerprint density at radius 2 is 1.16 bits per heavy atom. The van der Waals surface area contributed by atoms with E-state index in [1.165, 1.54) is 0 Å². The minimum atomic E-state index is 0.642.